The van der Waals surface area contributed by atoms with Gasteiger partial charge in [0.15, 0.2) is 0 Å². The van der Waals surface area contributed by atoms with Gasteiger partial charge >= 0.3 is 0 Å². The zero-order valence-corrected chi connectivity index (χ0v) is 14.6. The zero-order chi connectivity index (χ0) is 18.2. The summed E-state index contributed by atoms with van der Waals surface area (Å²) in [6, 6.07) is 24.8. The fourth-order valence-electron chi connectivity index (χ4n) is 3.68. The van der Waals surface area contributed by atoms with Gasteiger partial charge in [0.25, 0.3) is 0 Å². The third kappa shape index (κ3) is 2.46. The molecule has 4 aromatic carbocycles. The van der Waals surface area contributed by atoms with Gasteiger partial charge in [-0.3, -0.25) is 0 Å². The lowest BCUT2D eigenvalue weighted by atomic mass is 9.92. The largest absolute Gasteiger partial charge is 0.361 e. The molecule has 0 spiro atoms. The monoisotopic (exact) mass is 341 g/mol. The summed E-state index contributed by atoms with van der Waals surface area (Å²) >= 11 is 0. The number of benzene rings is 4. The number of aromatic amines is 1. The first-order valence-electron chi connectivity index (χ1n) is 8.84. The number of hydrogen-bond donors (Lipinski definition) is 1. The van der Waals surface area contributed by atoms with E-state index in [1.807, 2.05) is 36.5 Å². The third-order valence-electron chi connectivity index (χ3n) is 4.96. The molecule has 1 aromatic heterocycles. The molecule has 5 rings (SSSR count). The van der Waals surface area contributed by atoms with Crippen molar-refractivity contribution in [3.63, 3.8) is 0 Å². The van der Waals surface area contributed by atoms with Gasteiger partial charge in [0.05, 0.1) is 0 Å². The Morgan fingerprint density at radius 2 is 1.30 bits per heavy atom. The molecule has 1 nitrogen and oxygen atoms in total. The van der Waals surface area contributed by atoms with Crippen LogP contribution in [0.2, 0.25) is 0 Å². The summed E-state index contributed by atoms with van der Waals surface area (Å²) in [4.78, 5) is 3.21. The first-order chi connectivity index (χ1) is 13.3. The highest BCUT2D eigenvalue weighted by Gasteiger charge is 2.10. The van der Waals surface area contributed by atoms with E-state index in [1.165, 1.54) is 5.39 Å². The second-order valence-corrected chi connectivity index (χ2v) is 6.52. The van der Waals surface area contributed by atoms with E-state index in [4.69, 9.17) is 6.42 Å². The first-order valence-corrected chi connectivity index (χ1v) is 8.84. The molecule has 1 heteroatoms. The number of H-pyrrole nitrogens is 1. The van der Waals surface area contributed by atoms with Crippen LogP contribution in [0.4, 0.5) is 0 Å². The maximum Gasteiger partial charge on any atom is 0.0454 e. The highest BCUT2D eigenvalue weighted by atomic mass is 14.7. The van der Waals surface area contributed by atoms with Gasteiger partial charge in [0.2, 0.25) is 0 Å². The summed E-state index contributed by atoms with van der Waals surface area (Å²) in [5, 5.41) is 5.51. The van der Waals surface area contributed by atoms with Crippen LogP contribution < -0.4 is 0 Å². The Morgan fingerprint density at radius 1 is 0.667 bits per heavy atom. The standard InChI is InChI=1S/C26H15N/c1-2-20-21-7-3-5-9-23(21)25(24-10-6-4-8-22(20)24)13-11-18-12-14-26-19(17-18)15-16-27-26/h1,3-10,12,14-17,27H. The summed E-state index contributed by atoms with van der Waals surface area (Å²) in [5.74, 6) is 9.65. The van der Waals surface area contributed by atoms with Crippen LogP contribution in [0.1, 0.15) is 16.7 Å². The second-order valence-electron chi connectivity index (χ2n) is 6.52. The maximum absolute atomic E-state index is 5.85. The minimum atomic E-state index is 0.931. The normalized spacial score (nSPS) is 10.6. The van der Waals surface area contributed by atoms with E-state index >= 15 is 0 Å². The average Bonchev–Trinajstić information content (AvgIpc) is 3.19. The molecule has 0 saturated heterocycles. The second kappa shape index (κ2) is 6.10. The molecular formula is C26H15N. The van der Waals surface area contributed by atoms with E-state index in [9.17, 15) is 0 Å². The minimum Gasteiger partial charge on any atom is -0.361 e. The Bertz CT molecular complexity index is 1370. The molecule has 1 heterocycles. The molecular weight excluding hydrogens is 326 g/mol. The molecule has 0 aliphatic rings. The van der Waals surface area contributed by atoms with Crippen molar-refractivity contribution in [1.29, 1.82) is 0 Å². The maximum atomic E-state index is 5.85. The molecule has 0 saturated carbocycles. The van der Waals surface area contributed by atoms with Crippen molar-refractivity contribution in [2.45, 2.75) is 0 Å². The topological polar surface area (TPSA) is 15.8 Å². The lowest BCUT2D eigenvalue weighted by molar-refractivity contribution is 1.48. The Morgan fingerprint density at radius 3 is 1.93 bits per heavy atom. The van der Waals surface area contributed by atoms with E-state index in [1.54, 1.807) is 0 Å². The Kier molecular flexibility index (Phi) is 3.46. The minimum absolute atomic E-state index is 0.931. The molecule has 0 bridgehead atoms. The third-order valence-corrected chi connectivity index (χ3v) is 4.96. The van der Waals surface area contributed by atoms with Crippen molar-refractivity contribution >= 4 is 32.4 Å². The van der Waals surface area contributed by atoms with Gasteiger partial charge in [0.1, 0.15) is 0 Å². The van der Waals surface area contributed by atoms with Gasteiger partial charge in [0, 0.05) is 33.8 Å². The van der Waals surface area contributed by atoms with E-state index in [0.717, 1.165) is 43.8 Å². The molecule has 124 valence electrons. The summed E-state index contributed by atoms with van der Waals surface area (Å²) in [7, 11) is 0. The van der Waals surface area contributed by atoms with Crippen molar-refractivity contribution in [3.05, 3.63) is 95.7 Å². The quantitative estimate of drug-likeness (QED) is 0.268. The molecule has 0 amide bonds. The van der Waals surface area contributed by atoms with Crippen LogP contribution in [-0.4, -0.2) is 4.98 Å². The molecule has 0 unspecified atom stereocenters. The lowest BCUT2D eigenvalue weighted by Gasteiger charge is -2.10. The van der Waals surface area contributed by atoms with Gasteiger partial charge in [-0.15, -0.1) is 6.42 Å². The zero-order valence-electron chi connectivity index (χ0n) is 14.6. The average molecular weight is 341 g/mol. The Balaban J connectivity index is 1.81. The number of hydrogen-bond acceptors (Lipinski definition) is 0. The van der Waals surface area contributed by atoms with Gasteiger partial charge in [-0.05, 0) is 45.8 Å². The summed E-state index contributed by atoms with van der Waals surface area (Å²) < 4.78 is 0. The smallest absolute Gasteiger partial charge is 0.0454 e. The van der Waals surface area contributed by atoms with Gasteiger partial charge in [-0.2, -0.15) is 0 Å². The molecule has 1 N–H and O–H groups in total. The molecule has 0 aliphatic carbocycles. The van der Waals surface area contributed by atoms with Crippen molar-refractivity contribution in [2.75, 3.05) is 0 Å². The molecule has 0 aliphatic heterocycles. The van der Waals surface area contributed by atoms with Crippen LogP contribution in [0.3, 0.4) is 0 Å². The summed E-state index contributed by atoms with van der Waals surface area (Å²) in [6.45, 7) is 0. The fourth-order valence-corrected chi connectivity index (χ4v) is 3.68. The van der Waals surface area contributed by atoms with E-state index in [2.05, 4.69) is 65.2 Å². The van der Waals surface area contributed by atoms with E-state index < -0.39 is 0 Å². The van der Waals surface area contributed by atoms with Gasteiger partial charge < -0.3 is 4.98 Å². The SMILES string of the molecule is C#Cc1c2ccccc2c(C#Cc2ccc3[nH]ccc3c2)c2ccccc12. The predicted molar refractivity (Wildman–Crippen MR) is 114 cm³/mol. The molecule has 27 heavy (non-hydrogen) atoms. The Labute approximate surface area is 157 Å². The van der Waals surface area contributed by atoms with Crippen molar-refractivity contribution in [3.8, 4) is 24.2 Å². The summed E-state index contributed by atoms with van der Waals surface area (Å²) in [6.07, 6.45) is 7.80. The van der Waals surface area contributed by atoms with Crippen molar-refractivity contribution in [2.24, 2.45) is 0 Å². The first kappa shape index (κ1) is 15.3. The van der Waals surface area contributed by atoms with Crippen LogP contribution in [0.5, 0.6) is 0 Å². The number of terminal acetylenes is 1. The fraction of sp³-hybridized carbons (Fsp3) is 0. The Hall–Kier alpha value is -3.94. The number of rotatable bonds is 0. The predicted octanol–water partition coefficient (Wildman–Crippen LogP) is 5.86. The van der Waals surface area contributed by atoms with E-state index in [0.29, 0.717) is 0 Å². The van der Waals surface area contributed by atoms with Crippen molar-refractivity contribution < 1.29 is 0 Å². The van der Waals surface area contributed by atoms with Crippen LogP contribution >= 0.6 is 0 Å². The van der Waals surface area contributed by atoms with Gasteiger partial charge in [-0.1, -0.05) is 66.3 Å². The highest BCUT2D eigenvalue weighted by Crippen LogP contribution is 2.32. The molecule has 5 aromatic rings. The lowest BCUT2D eigenvalue weighted by Crippen LogP contribution is -1.90. The number of aromatic nitrogens is 1. The van der Waals surface area contributed by atoms with Crippen LogP contribution in [0.15, 0.2) is 79.0 Å². The number of fused-ring (bicyclic) bond motifs is 3. The van der Waals surface area contributed by atoms with Crippen LogP contribution in [-0.2, 0) is 0 Å². The molecule has 0 atom stereocenters. The van der Waals surface area contributed by atoms with E-state index in [-0.39, 0.29) is 0 Å². The van der Waals surface area contributed by atoms with Crippen LogP contribution in [0, 0.1) is 24.2 Å². The van der Waals surface area contributed by atoms with Gasteiger partial charge in [-0.25, -0.2) is 0 Å². The number of nitrogens with one attached hydrogen (secondary N) is 1. The summed E-state index contributed by atoms with van der Waals surface area (Å²) in [5.41, 5.74) is 4.07. The van der Waals surface area contributed by atoms with Crippen LogP contribution in [0.25, 0.3) is 32.4 Å². The van der Waals surface area contributed by atoms with Crippen molar-refractivity contribution in [1.82, 2.24) is 4.98 Å². The molecule has 0 fully saturated rings. The highest BCUT2D eigenvalue weighted by molar-refractivity contribution is 6.09. The molecule has 0 radical (unpaired) electrons.